The van der Waals surface area contributed by atoms with Crippen LogP contribution in [0.25, 0.3) is 11.4 Å². The van der Waals surface area contributed by atoms with Crippen LogP contribution >= 0.6 is 0 Å². The summed E-state index contributed by atoms with van der Waals surface area (Å²) in [6.07, 6.45) is 0.870. The lowest BCUT2D eigenvalue weighted by Crippen LogP contribution is -2.40. The van der Waals surface area contributed by atoms with Crippen LogP contribution in [0.4, 0.5) is 5.69 Å². The van der Waals surface area contributed by atoms with Gasteiger partial charge in [-0.05, 0) is 42.7 Å². The highest BCUT2D eigenvalue weighted by molar-refractivity contribution is 7.92. The van der Waals surface area contributed by atoms with E-state index in [2.05, 4.69) is 14.9 Å². The molecule has 9 nitrogen and oxygen atoms in total. The van der Waals surface area contributed by atoms with E-state index in [0.29, 0.717) is 43.1 Å². The zero-order valence-corrected chi connectivity index (χ0v) is 18.7. The Labute approximate surface area is 186 Å². The third kappa shape index (κ3) is 4.66. The number of benzene rings is 2. The van der Waals surface area contributed by atoms with E-state index in [4.69, 9.17) is 9.26 Å². The van der Waals surface area contributed by atoms with Gasteiger partial charge < -0.3 is 14.2 Å². The summed E-state index contributed by atoms with van der Waals surface area (Å²) < 4.78 is 39.1. The van der Waals surface area contributed by atoms with Crippen LogP contribution in [0.3, 0.4) is 0 Å². The molecule has 0 radical (unpaired) electrons. The molecule has 1 fully saturated rings. The van der Waals surface area contributed by atoms with Gasteiger partial charge in [-0.2, -0.15) is 4.98 Å². The Morgan fingerprint density at radius 3 is 2.53 bits per heavy atom. The fraction of sp³-hybridized carbons (Fsp3) is 0.318. The predicted molar refractivity (Wildman–Crippen MR) is 118 cm³/mol. The zero-order chi connectivity index (χ0) is 22.7. The summed E-state index contributed by atoms with van der Waals surface area (Å²) in [6.45, 7) is 5.57. The summed E-state index contributed by atoms with van der Waals surface area (Å²) in [5, 5.41) is 3.88. The molecule has 32 heavy (non-hydrogen) atoms. The van der Waals surface area contributed by atoms with Crippen molar-refractivity contribution in [3.8, 4) is 11.4 Å². The SMILES string of the molecule is CCc1ccc(NS(=O)(=O)c2cc(-c3noc(C(=O)N4CCOCC4)n3)ccc2C)cc1. The summed E-state index contributed by atoms with van der Waals surface area (Å²) >= 11 is 0. The van der Waals surface area contributed by atoms with Crippen LogP contribution in [0.2, 0.25) is 0 Å². The Morgan fingerprint density at radius 2 is 1.84 bits per heavy atom. The molecule has 0 atom stereocenters. The van der Waals surface area contributed by atoms with Crippen LogP contribution in [0.1, 0.15) is 28.7 Å². The molecule has 0 unspecified atom stereocenters. The number of anilines is 1. The van der Waals surface area contributed by atoms with E-state index < -0.39 is 10.0 Å². The van der Waals surface area contributed by atoms with E-state index in [1.54, 1.807) is 36.1 Å². The van der Waals surface area contributed by atoms with Crippen LogP contribution in [-0.4, -0.2) is 55.7 Å². The van der Waals surface area contributed by atoms with Crippen molar-refractivity contribution in [3.63, 3.8) is 0 Å². The minimum absolute atomic E-state index is 0.0976. The van der Waals surface area contributed by atoms with Crippen molar-refractivity contribution in [1.29, 1.82) is 0 Å². The maximum absolute atomic E-state index is 13.0. The number of ether oxygens (including phenoxy) is 1. The quantitative estimate of drug-likeness (QED) is 0.606. The number of nitrogens with one attached hydrogen (secondary N) is 1. The zero-order valence-electron chi connectivity index (χ0n) is 17.9. The number of morpholine rings is 1. The number of carbonyl (C=O) groups excluding carboxylic acids is 1. The molecule has 1 aliphatic rings. The van der Waals surface area contributed by atoms with Gasteiger partial charge in [0.25, 0.3) is 10.0 Å². The van der Waals surface area contributed by atoms with Crippen molar-refractivity contribution in [2.24, 2.45) is 0 Å². The Balaban J connectivity index is 1.58. The first-order chi connectivity index (χ1) is 15.4. The van der Waals surface area contributed by atoms with E-state index in [-0.39, 0.29) is 22.5 Å². The molecule has 1 aromatic heterocycles. The van der Waals surface area contributed by atoms with Crippen molar-refractivity contribution >= 4 is 21.6 Å². The second-order valence-corrected chi connectivity index (χ2v) is 9.11. The summed E-state index contributed by atoms with van der Waals surface area (Å²) in [5.41, 5.74) is 2.59. The van der Waals surface area contributed by atoms with Gasteiger partial charge in [-0.15, -0.1) is 0 Å². The topological polar surface area (TPSA) is 115 Å². The van der Waals surface area contributed by atoms with Crippen LogP contribution in [-0.2, 0) is 21.2 Å². The minimum atomic E-state index is -3.85. The van der Waals surface area contributed by atoms with Crippen molar-refractivity contribution in [1.82, 2.24) is 15.0 Å². The molecule has 0 bridgehead atoms. The largest absolute Gasteiger partial charge is 0.378 e. The molecule has 168 valence electrons. The monoisotopic (exact) mass is 456 g/mol. The molecule has 0 saturated carbocycles. The standard InChI is InChI=1S/C22H24N4O5S/c1-3-16-5-8-18(9-6-16)25-32(28,29)19-14-17(7-4-15(19)2)20-23-21(31-24-20)22(27)26-10-12-30-13-11-26/h4-9,14,25H,3,10-13H2,1-2H3. The van der Waals surface area contributed by atoms with Gasteiger partial charge in [0.2, 0.25) is 5.82 Å². The minimum Gasteiger partial charge on any atom is -0.378 e. The summed E-state index contributed by atoms with van der Waals surface area (Å²) in [5.74, 6) is -0.365. The molecule has 3 aromatic rings. The number of hydrogen-bond donors (Lipinski definition) is 1. The van der Waals surface area contributed by atoms with Gasteiger partial charge in [0.1, 0.15) is 0 Å². The highest BCUT2D eigenvalue weighted by Crippen LogP contribution is 2.25. The van der Waals surface area contributed by atoms with Gasteiger partial charge in [0.15, 0.2) is 0 Å². The molecular formula is C22H24N4O5S. The normalized spacial score (nSPS) is 14.4. The number of amides is 1. The molecule has 10 heteroatoms. The van der Waals surface area contributed by atoms with Gasteiger partial charge in [-0.25, -0.2) is 8.42 Å². The second-order valence-electron chi connectivity index (χ2n) is 7.46. The third-order valence-corrected chi connectivity index (χ3v) is 6.78. The molecule has 1 amide bonds. The van der Waals surface area contributed by atoms with Crippen molar-refractivity contribution in [3.05, 3.63) is 59.5 Å². The first-order valence-electron chi connectivity index (χ1n) is 10.3. The highest BCUT2D eigenvalue weighted by atomic mass is 32.2. The fourth-order valence-electron chi connectivity index (χ4n) is 3.38. The molecule has 2 heterocycles. The van der Waals surface area contributed by atoms with Crippen LogP contribution in [0, 0.1) is 6.92 Å². The van der Waals surface area contributed by atoms with E-state index in [1.165, 1.54) is 6.07 Å². The molecule has 1 saturated heterocycles. The second kappa shape index (κ2) is 9.09. The van der Waals surface area contributed by atoms with Gasteiger partial charge in [0, 0.05) is 24.3 Å². The Morgan fingerprint density at radius 1 is 1.12 bits per heavy atom. The first-order valence-corrected chi connectivity index (χ1v) is 11.8. The summed E-state index contributed by atoms with van der Waals surface area (Å²) in [6, 6.07) is 12.1. The lowest BCUT2D eigenvalue weighted by atomic mass is 10.1. The lowest BCUT2D eigenvalue weighted by molar-refractivity contribution is 0.0272. The fourth-order valence-corrected chi connectivity index (χ4v) is 4.71. The Kier molecular flexibility index (Phi) is 6.24. The van der Waals surface area contributed by atoms with E-state index in [0.717, 1.165) is 12.0 Å². The predicted octanol–water partition coefficient (Wildman–Crippen LogP) is 2.88. The number of aryl methyl sites for hydroxylation is 2. The summed E-state index contributed by atoms with van der Waals surface area (Å²) in [7, 11) is -3.85. The van der Waals surface area contributed by atoms with Gasteiger partial charge >= 0.3 is 11.8 Å². The van der Waals surface area contributed by atoms with Crippen molar-refractivity contribution < 1.29 is 22.5 Å². The number of nitrogens with zero attached hydrogens (tertiary/aromatic N) is 3. The molecule has 1 aliphatic heterocycles. The number of sulfonamides is 1. The van der Waals surface area contributed by atoms with E-state index in [1.807, 2.05) is 19.1 Å². The highest BCUT2D eigenvalue weighted by Gasteiger charge is 2.25. The Hall–Kier alpha value is -3.24. The van der Waals surface area contributed by atoms with E-state index >= 15 is 0 Å². The summed E-state index contributed by atoms with van der Waals surface area (Å²) in [4.78, 5) is 18.4. The van der Waals surface area contributed by atoms with Gasteiger partial charge in [-0.1, -0.05) is 36.3 Å². The van der Waals surface area contributed by atoms with Crippen LogP contribution in [0.5, 0.6) is 0 Å². The molecule has 4 rings (SSSR count). The molecule has 0 spiro atoms. The van der Waals surface area contributed by atoms with Crippen molar-refractivity contribution in [2.75, 3.05) is 31.0 Å². The molecule has 0 aliphatic carbocycles. The molecular weight excluding hydrogens is 432 g/mol. The lowest BCUT2D eigenvalue weighted by Gasteiger charge is -2.25. The maximum Gasteiger partial charge on any atom is 0.316 e. The van der Waals surface area contributed by atoms with Gasteiger partial charge in [0.05, 0.1) is 18.1 Å². The number of aromatic nitrogens is 2. The first kappa shape index (κ1) is 22.0. The molecule has 2 aromatic carbocycles. The smallest absolute Gasteiger partial charge is 0.316 e. The number of carbonyl (C=O) groups is 1. The van der Waals surface area contributed by atoms with Gasteiger partial charge in [-0.3, -0.25) is 9.52 Å². The molecule has 1 N–H and O–H groups in total. The average Bonchev–Trinajstić information content (AvgIpc) is 3.30. The van der Waals surface area contributed by atoms with Crippen LogP contribution < -0.4 is 4.72 Å². The van der Waals surface area contributed by atoms with Crippen LogP contribution in [0.15, 0.2) is 51.9 Å². The Bertz CT molecular complexity index is 1220. The van der Waals surface area contributed by atoms with Crippen molar-refractivity contribution in [2.45, 2.75) is 25.2 Å². The number of rotatable bonds is 6. The third-order valence-electron chi connectivity index (χ3n) is 5.26. The van der Waals surface area contributed by atoms with E-state index in [9.17, 15) is 13.2 Å². The number of hydrogen-bond acceptors (Lipinski definition) is 7. The average molecular weight is 457 g/mol. The maximum atomic E-state index is 13.0.